The van der Waals surface area contributed by atoms with E-state index >= 15 is 0 Å². The molecule has 1 atom stereocenters. The van der Waals surface area contributed by atoms with Crippen LogP contribution in [0.2, 0.25) is 0 Å². The van der Waals surface area contributed by atoms with Gasteiger partial charge in [0.05, 0.1) is 24.6 Å². The summed E-state index contributed by atoms with van der Waals surface area (Å²) in [5, 5.41) is 0. The summed E-state index contributed by atoms with van der Waals surface area (Å²) in [7, 11) is 3.42. The molecule has 1 aromatic rings. The minimum Gasteiger partial charge on any atom is -0.383 e. The Morgan fingerprint density at radius 1 is 1.59 bits per heavy atom. The quantitative estimate of drug-likeness (QED) is 0.641. The first-order chi connectivity index (χ1) is 7.95. The molecule has 0 N–H and O–H groups in total. The van der Waals surface area contributed by atoms with Gasteiger partial charge in [-0.05, 0) is 37.9 Å². The zero-order chi connectivity index (χ0) is 13.0. The van der Waals surface area contributed by atoms with E-state index in [1.165, 1.54) is 11.3 Å². The fourth-order valence-electron chi connectivity index (χ4n) is 1.31. The summed E-state index contributed by atoms with van der Waals surface area (Å²) in [4.78, 5) is 14.0. The number of thiophene rings is 1. The summed E-state index contributed by atoms with van der Waals surface area (Å²) in [6.07, 6.45) is 0. The molecule has 0 aromatic carbocycles. The Morgan fingerprint density at radius 3 is 2.71 bits per heavy atom. The van der Waals surface area contributed by atoms with E-state index < -0.39 is 0 Å². The van der Waals surface area contributed by atoms with Crippen LogP contribution >= 0.6 is 59.1 Å². The van der Waals surface area contributed by atoms with Crippen molar-refractivity contribution in [2.45, 2.75) is 4.83 Å². The second-order valence-electron chi connectivity index (χ2n) is 3.48. The van der Waals surface area contributed by atoms with Gasteiger partial charge in [0.25, 0.3) is 5.91 Å². The van der Waals surface area contributed by atoms with Crippen LogP contribution in [0.3, 0.4) is 0 Å². The highest BCUT2D eigenvalue weighted by Crippen LogP contribution is 2.32. The van der Waals surface area contributed by atoms with Crippen molar-refractivity contribution in [3.63, 3.8) is 0 Å². The van der Waals surface area contributed by atoms with Crippen molar-refractivity contribution in [3.8, 4) is 0 Å². The molecular formula is C10H12Br3NO2S. The maximum atomic E-state index is 12.1. The van der Waals surface area contributed by atoms with E-state index in [-0.39, 0.29) is 10.7 Å². The minimum absolute atomic E-state index is 0.000576. The number of methoxy groups -OCH3 is 1. The molecule has 1 aromatic heterocycles. The van der Waals surface area contributed by atoms with Crippen LogP contribution in [0.25, 0.3) is 0 Å². The summed E-state index contributed by atoms with van der Waals surface area (Å²) in [6.45, 7) is 1.18. The summed E-state index contributed by atoms with van der Waals surface area (Å²) in [5.41, 5.74) is 0.682. The van der Waals surface area contributed by atoms with Crippen molar-refractivity contribution >= 4 is 65.0 Å². The molecule has 0 aliphatic rings. The molecule has 96 valence electrons. The van der Waals surface area contributed by atoms with Crippen LogP contribution in [-0.2, 0) is 4.74 Å². The average Bonchev–Trinajstić information content (AvgIpc) is 2.56. The van der Waals surface area contributed by atoms with Gasteiger partial charge >= 0.3 is 0 Å². The van der Waals surface area contributed by atoms with Gasteiger partial charge in [0, 0.05) is 20.7 Å². The van der Waals surface area contributed by atoms with Gasteiger partial charge in [-0.15, -0.1) is 11.3 Å². The SMILES string of the molecule is COCC(Br)CN(C)C(=O)c1cc(Br)sc1Br. The molecule has 0 aliphatic carbocycles. The number of ether oxygens (including phenoxy) is 1. The van der Waals surface area contributed by atoms with E-state index in [0.29, 0.717) is 18.7 Å². The van der Waals surface area contributed by atoms with E-state index in [2.05, 4.69) is 47.8 Å². The third-order valence-corrected chi connectivity index (χ3v) is 4.95. The first-order valence-electron chi connectivity index (χ1n) is 4.79. The first-order valence-corrected chi connectivity index (χ1v) is 8.10. The lowest BCUT2D eigenvalue weighted by Gasteiger charge is -2.20. The molecule has 0 fully saturated rings. The zero-order valence-electron chi connectivity index (χ0n) is 9.37. The lowest BCUT2D eigenvalue weighted by atomic mass is 10.3. The Kier molecular flexibility index (Phi) is 6.65. The third-order valence-electron chi connectivity index (χ3n) is 2.05. The monoisotopic (exact) mass is 447 g/mol. The summed E-state index contributed by atoms with van der Waals surface area (Å²) >= 11 is 11.7. The number of nitrogens with zero attached hydrogens (tertiary/aromatic N) is 1. The molecule has 3 nitrogen and oxygen atoms in total. The smallest absolute Gasteiger partial charge is 0.255 e. The predicted molar refractivity (Wildman–Crippen MR) is 81.3 cm³/mol. The molecule has 7 heteroatoms. The fourth-order valence-corrected chi connectivity index (χ4v) is 4.78. The van der Waals surface area contributed by atoms with Crippen molar-refractivity contribution in [2.75, 3.05) is 27.3 Å². The number of halogens is 3. The number of carbonyl (C=O) groups is 1. The maximum absolute atomic E-state index is 12.1. The lowest BCUT2D eigenvalue weighted by molar-refractivity contribution is 0.0784. The molecular weight excluding hydrogens is 438 g/mol. The van der Waals surface area contributed by atoms with E-state index in [0.717, 1.165) is 7.57 Å². The zero-order valence-corrected chi connectivity index (χ0v) is 14.9. The van der Waals surface area contributed by atoms with E-state index in [1.807, 2.05) is 6.07 Å². The van der Waals surface area contributed by atoms with Crippen LogP contribution in [0, 0.1) is 0 Å². The lowest BCUT2D eigenvalue weighted by Crippen LogP contribution is -2.33. The van der Waals surface area contributed by atoms with Gasteiger partial charge in [-0.3, -0.25) is 4.79 Å². The highest BCUT2D eigenvalue weighted by Gasteiger charge is 2.19. The number of hydrogen-bond donors (Lipinski definition) is 0. The van der Waals surface area contributed by atoms with Crippen molar-refractivity contribution in [2.24, 2.45) is 0 Å². The second kappa shape index (κ2) is 7.23. The van der Waals surface area contributed by atoms with Gasteiger partial charge in [-0.2, -0.15) is 0 Å². The van der Waals surface area contributed by atoms with Gasteiger partial charge < -0.3 is 9.64 Å². The minimum atomic E-state index is -0.000576. The molecule has 0 saturated heterocycles. The van der Waals surface area contributed by atoms with Gasteiger partial charge in [0.2, 0.25) is 0 Å². The summed E-state index contributed by atoms with van der Waals surface area (Å²) in [5.74, 6) is -0.000576. The largest absolute Gasteiger partial charge is 0.383 e. The summed E-state index contributed by atoms with van der Waals surface area (Å²) < 4.78 is 6.80. The van der Waals surface area contributed by atoms with Crippen molar-refractivity contribution in [1.82, 2.24) is 4.90 Å². The second-order valence-corrected chi connectivity index (χ2v) is 8.52. The maximum Gasteiger partial charge on any atom is 0.255 e. The topological polar surface area (TPSA) is 29.5 Å². The van der Waals surface area contributed by atoms with Crippen LogP contribution < -0.4 is 0 Å². The molecule has 1 rings (SSSR count). The average molecular weight is 450 g/mol. The predicted octanol–water partition coefficient (Wildman–Crippen LogP) is 3.76. The number of alkyl halides is 1. The molecule has 1 heterocycles. The third kappa shape index (κ3) is 4.63. The highest BCUT2D eigenvalue weighted by atomic mass is 79.9. The molecule has 0 radical (unpaired) electrons. The summed E-state index contributed by atoms with van der Waals surface area (Å²) in [6, 6.07) is 1.83. The molecule has 1 unspecified atom stereocenters. The number of rotatable bonds is 5. The molecule has 0 saturated carbocycles. The van der Waals surface area contributed by atoms with E-state index in [4.69, 9.17) is 4.74 Å². The van der Waals surface area contributed by atoms with Crippen molar-refractivity contribution in [1.29, 1.82) is 0 Å². The Bertz CT molecular complexity index is 397. The highest BCUT2D eigenvalue weighted by molar-refractivity contribution is 9.12. The van der Waals surface area contributed by atoms with Crippen LogP contribution in [0.15, 0.2) is 13.6 Å². The molecule has 1 amide bonds. The number of hydrogen-bond acceptors (Lipinski definition) is 3. The Balaban J connectivity index is 2.66. The molecule has 0 spiro atoms. The van der Waals surface area contributed by atoms with Crippen molar-refractivity contribution in [3.05, 3.63) is 19.2 Å². The Labute approximate surface area is 130 Å². The Morgan fingerprint density at radius 2 is 2.24 bits per heavy atom. The molecule has 0 aliphatic heterocycles. The van der Waals surface area contributed by atoms with Crippen LogP contribution in [0.5, 0.6) is 0 Å². The van der Waals surface area contributed by atoms with Gasteiger partial charge in [-0.25, -0.2) is 0 Å². The van der Waals surface area contributed by atoms with Gasteiger partial charge in [-0.1, -0.05) is 15.9 Å². The molecule has 17 heavy (non-hydrogen) atoms. The number of amides is 1. The molecule has 0 bridgehead atoms. The van der Waals surface area contributed by atoms with Crippen LogP contribution in [0.1, 0.15) is 10.4 Å². The van der Waals surface area contributed by atoms with Gasteiger partial charge in [0.15, 0.2) is 0 Å². The fraction of sp³-hybridized carbons (Fsp3) is 0.500. The van der Waals surface area contributed by atoms with E-state index in [9.17, 15) is 4.79 Å². The van der Waals surface area contributed by atoms with E-state index in [1.54, 1.807) is 19.1 Å². The normalized spacial score (nSPS) is 12.5. The Hall–Kier alpha value is 0.570. The first kappa shape index (κ1) is 15.6. The van der Waals surface area contributed by atoms with Crippen molar-refractivity contribution < 1.29 is 9.53 Å². The van der Waals surface area contributed by atoms with Crippen LogP contribution in [-0.4, -0.2) is 42.9 Å². The number of carbonyl (C=O) groups excluding carboxylic acids is 1. The van der Waals surface area contributed by atoms with Crippen LogP contribution in [0.4, 0.5) is 0 Å². The standard InChI is InChI=1S/C10H12Br3NO2S/c1-14(4-6(11)5-16-2)10(15)7-3-8(12)17-9(7)13/h3,6H,4-5H2,1-2H3. The van der Waals surface area contributed by atoms with Gasteiger partial charge in [0.1, 0.15) is 0 Å².